The van der Waals surface area contributed by atoms with Crippen LogP contribution in [-0.4, -0.2) is 96.7 Å². The van der Waals surface area contributed by atoms with Gasteiger partial charge in [-0.1, -0.05) is 289 Å². The third-order valence-corrected chi connectivity index (χ3v) is 18.2. The third-order valence-electron chi connectivity index (χ3n) is 16.3. The van der Waals surface area contributed by atoms with Crippen molar-refractivity contribution in [3.8, 4) is 0 Å². The van der Waals surface area contributed by atoms with Crippen LogP contribution in [0.3, 0.4) is 0 Å². The number of carbonyl (C=O) groups is 4. The molecule has 104 heavy (non-hydrogen) atoms. The van der Waals surface area contributed by atoms with Gasteiger partial charge >= 0.3 is 39.5 Å². The first-order valence-corrected chi connectivity index (χ1v) is 43.1. The second-order valence-electron chi connectivity index (χ2n) is 26.3. The van der Waals surface area contributed by atoms with E-state index < -0.39 is 97.5 Å². The van der Waals surface area contributed by atoms with E-state index in [1.54, 1.807) is 0 Å². The number of allylic oxidation sites excluding steroid dienone is 24. The van der Waals surface area contributed by atoms with Crippen LogP contribution in [-0.2, 0) is 65.4 Å². The molecule has 3 N–H and O–H groups in total. The summed E-state index contributed by atoms with van der Waals surface area (Å²) in [6.45, 7) is 4.60. The Labute approximate surface area is 630 Å². The van der Waals surface area contributed by atoms with Crippen LogP contribution in [0.5, 0.6) is 0 Å². The molecule has 0 bridgehead atoms. The van der Waals surface area contributed by atoms with Crippen molar-refractivity contribution in [2.75, 3.05) is 39.6 Å². The molecule has 0 aliphatic heterocycles. The van der Waals surface area contributed by atoms with Crippen LogP contribution in [0.4, 0.5) is 0 Å². The first-order valence-electron chi connectivity index (χ1n) is 40.1. The Bertz CT molecular complexity index is 2540. The van der Waals surface area contributed by atoms with Gasteiger partial charge in [-0.25, -0.2) is 9.13 Å². The maximum absolute atomic E-state index is 13.1. The van der Waals surface area contributed by atoms with Crippen LogP contribution in [0.25, 0.3) is 0 Å². The molecule has 0 aromatic heterocycles. The Kier molecular flexibility index (Phi) is 72.4. The van der Waals surface area contributed by atoms with Crippen LogP contribution < -0.4 is 0 Å². The van der Waals surface area contributed by atoms with Gasteiger partial charge in [0, 0.05) is 25.7 Å². The summed E-state index contributed by atoms with van der Waals surface area (Å²) < 4.78 is 68.4. The average Bonchev–Trinajstić information content (AvgIpc) is 0.936. The normalized spacial score (nSPS) is 14.6. The molecular weight excluding hydrogens is 1350 g/mol. The fourth-order valence-electron chi connectivity index (χ4n) is 10.1. The van der Waals surface area contributed by atoms with Gasteiger partial charge in [-0.05, 0) is 141 Å². The minimum atomic E-state index is -5.01. The number of phosphoric acid groups is 2. The number of aliphatic hydroxyl groups excluding tert-OH is 1. The lowest BCUT2D eigenvalue weighted by Crippen LogP contribution is -2.30. The van der Waals surface area contributed by atoms with Gasteiger partial charge in [0.1, 0.15) is 19.3 Å². The second-order valence-corrected chi connectivity index (χ2v) is 29.2. The molecule has 19 heteroatoms. The quantitative estimate of drug-likeness (QED) is 0.0169. The van der Waals surface area contributed by atoms with E-state index in [9.17, 15) is 43.2 Å². The van der Waals surface area contributed by atoms with Crippen LogP contribution in [0.2, 0.25) is 0 Å². The van der Waals surface area contributed by atoms with Crippen molar-refractivity contribution in [1.82, 2.24) is 0 Å². The van der Waals surface area contributed by atoms with E-state index in [1.165, 1.54) is 109 Å². The van der Waals surface area contributed by atoms with Crippen LogP contribution in [0, 0.1) is 0 Å². The number of phosphoric ester groups is 2. The number of unbranched alkanes of at least 4 members (excludes halogenated alkanes) is 24. The van der Waals surface area contributed by atoms with Crippen molar-refractivity contribution in [1.29, 1.82) is 0 Å². The number of aliphatic hydroxyl groups is 1. The van der Waals surface area contributed by atoms with Crippen molar-refractivity contribution in [3.63, 3.8) is 0 Å². The maximum Gasteiger partial charge on any atom is 0.472 e. The molecule has 0 saturated carbocycles. The highest BCUT2D eigenvalue weighted by molar-refractivity contribution is 7.47. The largest absolute Gasteiger partial charge is 0.472 e. The number of hydrogen-bond acceptors (Lipinski definition) is 15. The summed E-state index contributed by atoms with van der Waals surface area (Å²) in [5.41, 5.74) is 0. The molecule has 0 radical (unpaired) electrons. The second kappa shape index (κ2) is 76.1. The molecule has 5 atom stereocenters. The fraction of sp³-hybridized carbons (Fsp3) is 0.671. The smallest absolute Gasteiger partial charge is 0.462 e. The summed E-state index contributed by atoms with van der Waals surface area (Å²) in [4.78, 5) is 72.9. The third kappa shape index (κ3) is 75.2. The van der Waals surface area contributed by atoms with Gasteiger partial charge in [0.2, 0.25) is 0 Å². The van der Waals surface area contributed by atoms with E-state index in [4.69, 9.17) is 37.0 Å². The zero-order chi connectivity index (χ0) is 76.0. The van der Waals surface area contributed by atoms with Crippen molar-refractivity contribution in [2.45, 2.75) is 329 Å². The van der Waals surface area contributed by atoms with Crippen molar-refractivity contribution >= 4 is 39.5 Å². The monoisotopic (exact) mass is 1500 g/mol. The molecule has 594 valence electrons. The van der Waals surface area contributed by atoms with E-state index in [0.717, 1.165) is 103 Å². The molecule has 2 unspecified atom stereocenters. The molecule has 0 fully saturated rings. The van der Waals surface area contributed by atoms with Gasteiger partial charge in [0.25, 0.3) is 0 Å². The van der Waals surface area contributed by atoms with E-state index in [1.807, 2.05) is 36.5 Å². The summed E-state index contributed by atoms with van der Waals surface area (Å²) in [6.07, 6.45) is 87.1. The number of ether oxygens (including phenoxy) is 4. The van der Waals surface area contributed by atoms with Gasteiger partial charge in [-0.15, -0.1) is 0 Å². The number of rotatable bonds is 74. The topological polar surface area (TPSA) is 237 Å². The molecule has 0 amide bonds. The highest BCUT2D eigenvalue weighted by Crippen LogP contribution is 2.45. The maximum atomic E-state index is 13.1. The Morgan fingerprint density at radius 2 is 0.481 bits per heavy atom. The zero-order valence-electron chi connectivity index (χ0n) is 64.9. The minimum Gasteiger partial charge on any atom is -0.462 e. The van der Waals surface area contributed by atoms with Gasteiger partial charge in [0.15, 0.2) is 12.2 Å². The first-order chi connectivity index (χ1) is 50.7. The molecule has 0 aromatic carbocycles. The summed E-state index contributed by atoms with van der Waals surface area (Å²) in [7, 11) is -10.0. The van der Waals surface area contributed by atoms with Crippen LogP contribution in [0.1, 0.15) is 310 Å². The lowest BCUT2D eigenvalue weighted by atomic mass is 10.0. The highest BCUT2D eigenvalue weighted by Gasteiger charge is 2.30. The predicted octanol–water partition coefficient (Wildman–Crippen LogP) is 23.4. The molecule has 0 saturated heterocycles. The molecule has 17 nitrogen and oxygen atoms in total. The number of carbonyl (C=O) groups excluding carboxylic acids is 4. The number of hydrogen-bond donors (Lipinski definition) is 3. The van der Waals surface area contributed by atoms with E-state index >= 15 is 0 Å². The molecule has 0 aliphatic rings. The fourth-order valence-corrected chi connectivity index (χ4v) is 11.7. The molecular formula is C85H142O17P2. The number of esters is 4. The SMILES string of the molecule is CCCCC/C=C\C/C=C\C/C=C\C/C=C\CCCC(=O)OC[C@H](COP(=O)(O)OC[C@H](O)COP(=O)(O)OC[C@@H](COC(=O)CCCCCCCCCCCCCCC)OC(=O)CCC/C=C\C/C=C\C/C=C\C/C=C\CCCCC)OC(=O)CCC/C=C\C/C=C\C/C=C\C/C=C\CCCCC. The van der Waals surface area contributed by atoms with Gasteiger partial charge in [-0.3, -0.25) is 37.3 Å². The standard InChI is InChI=1S/C85H142O17P2/c1-5-9-13-17-21-25-29-33-36-39-42-46-50-54-58-62-66-70-83(88)96-76-81(102-85(90)72-68-64-60-56-52-48-44-41-38-35-31-27-23-19-15-11-7-3)78-100-104(93,94)98-74-79(86)73-97-103(91,92)99-77-80(75-95-82(87)69-65-61-57-53-49-45-32-28-24-20-16-12-8-4)101-84(89)71-67-63-59-55-51-47-43-40-37-34-30-26-22-18-14-10-6-2/h21-23,25-27,33-38,42-44,46-48,54-56,58-60,79-81,86H,5-20,24,28-32,39-41,45,49-53,57,61-78H2,1-4H3,(H,91,92)(H,93,94)/b25-21-,26-22-,27-23-,36-33-,37-34-,38-35-,46-42-,47-43-,48-44-,58-54-,59-55-,60-56-/t79-,80-,81-/m1/s1. The van der Waals surface area contributed by atoms with Gasteiger partial charge < -0.3 is 33.8 Å². The Hall–Kier alpha value is -5.06. The van der Waals surface area contributed by atoms with E-state index in [2.05, 4.69) is 137 Å². The summed E-state index contributed by atoms with van der Waals surface area (Å²) in [6, 6.07) is 0. The van der Waals surface area contributed by atoms with E-state index in [-0.39, 0.29) is 25.7 Å². The molecule has 0 aliphatic carbocycles. The summed E-state index contributed by atoms with van der Waals surface area (Å²) >= 11 is 0. The average molecular weight is 1500 g/mol. The Morgan fingerprint density at radius 3 is 0.760 bits per heavy atom. The van der Waals surface area contributed by atoms with Crippen LogP contribution >= 0.6 is 15.6 Å². The van der Waals surface area contributed by atoms with Gasteiger partial charge in [-0.2, -0.15) is 0 Å². The zero-order valence-corrected chi connectivity index (χ0v) is 66.7. The Morgan fingerprint density at radius 1 is 0.269 bits per heavy atom. The minimum absolute atomic E-state index is 0.00208. The van der Waals surface area contributed by atoms with Gasteiger partial charge in [0.05, 0.1) is 26.4 Å². The van der Waals surface area contributed by atoms with Crippen LogP contribution in [0.15, 0.2) is 146 Å². The lowest BCUT2D eigenvalue weighted by molar-refractivity contribution is -0.161. The summed E-state index contributed by atoms with van der Waals surface area (Å²) in [5, 5.41) is 10.6. The first kappa shape index (κ1) is 98.9. The van der Waals surface area contributed by atoms with Crippen molar-refractivity contribution < 1.29 is 80.2 Å². The van der Waals surface area contributed by atoms with Crippen molar-refractivity contribution in [2.24, 2.45) is 0 Å². The lowest BCUT2D eigenvalue weighted by Gasteiger charge is -2.21. The molecule has 0 spiro atoms. The molecule has 0 rings (SSSR count). The van der Waals surface area contributed by atoms with E-state index in [0.29, 0.717) is 44.9 Å². The molecule has 0 heterocycles. The Balaban J connectivity index is 5.52. The predicted molar refractivity (Wildman–Crippen MR) is 427 cm³/mol. The van der Waals surface area contributed by atoms with Crippen molar-refractivity contribution in [3.05, 3.63) is 146 Å². The summed E-state index contributed by atoms with van der Waals surface area (Å²) in [5.74, 6) is -2.37. The molecule has 0 aromatic rings. The highest BCUT2D eigenvalue weighted by atomic mass is 31.2.